The van der Waals surface area contributed by atoms with Crippen LogP contribution in [0.15, 0.2) is 23.2 Å². The third-order valence-corrected chi connectivity index (χ3v) is 4.63. The van der Waals surface area contributed by atoms with Crippen molar-refractivity contribution in [2.75, 3.05) is 31.6 Å². The van der Waals surface area contributed by atoms with E-state index in [0.717, 1.165) is 24.8 Å². The molecular weight excluding hydrogens is 367 g/mol. The summed E-state index contributed by atoms with van der Waals surface area (Å²) in [5.41, 5.74) is 9.74. The average molecular weight is 402 g/mol. The maximum atomic E-state index is 10.9. The van der Waals surface area contributed by atoms with E-state index in [1.807, 2.05) is 0 Å². The molecule has 0 bridgehead atoms. The summed E-state index contributed by atoms with van der Waals surface area (Å²) in [5.74, 6) is 0. The number of rotatable bonds is 6. The van der Waals surface area contributed by atoms with Crippen LogP contribution in [0.25, 0.3) is 0 Å². The molecule has 5 nitrogen and oxygen atoms in total. The van der Waals surface area contributed by atoms with Crippen LogP contribution in [0.1, 0.15) is 37.8 Å². The number of hydrogen-bond donors (Lipinski definition) is 3. The molecule has 0 heterocycles. The summed E-state index contributed by atoms with van der Waals surface area (Å²) in [4.78, 5) is 5.23. The molecule has 0 saturated carbocycles. The van der Waals surface area contributed by atoms with E-state index < -0.39 is 12.7 Å². The summed E-state index contributed by atoms with van der Waals surface area (Å²) in [7, 11) is 0. The third kappa shape index (κ3) is 9.85. The Hall–Kier alpha value is -1.93. The molecule has 1 aliphatic carbocycles. The van der Waals surface area contributed by atoms with Gasteiger partial charge in [-0.25, -0.2) is 0 Å². The van der Waals surface area contributed by atoms with E-state index in [2.05, 4.69) is 60.7 Å². The highest BCUT2D eigenvalue weighted by atomic mass is 19.4. The van der Waals surface area contributed by atoms with Gasteiger partial charge in [-0.1, -0.05) is 19.9 Å². The molecule has 4 N–H and O–H groups in total. The van der Waals surface area contributed by atoms with Gasteiger partial charge < -0.3 is 21.4 Å². The molecule has 1 aliphatic rings. The third-order valence-electron chi connectivity index (χ3n) is 4.63. The maximum Gasteiger partial charge on any atom is 0.407 e. The maximum absolute atomic E-state index is 10.9. The van der Waals surface area contributed by atoms with Gasteiger partial charge in [-0.2, -0.15) is 13.2 Å². The van der Waals surface area contributed by atoms with E-state index in [9.17, 15) is 13.2 Å². The summed E-state index contributed by atoms with van der Waals surface area (Å²) in [6.45, 7) is 11.4. The monoisotopic (exact) mass is 401 g/mol. The van der Waals surface area contributed by atoms with Crippen molar-refractivity contribution >= 4 is 19.1 Å². The lowest BCUT2D eigenvalue weighted by Crippen LogP contribution is -2.35. The average Bonchev–Trinajstić information content (AvgIpc) is 2.87. The second kappa shape index (κ2) is 14.1. The fourth-order valence-corrected chi connectivity index (χ4v) is 3.35. The van der Waals surface area contributed by atoms with Crippen LogP contribution in [-0.4, -0.2) is 56.9 Å². The van der Waals surface area contributed by atoms with Gasteiger partial charge in [-0.15, -0.1) is 0 Å². The zero-order valence-corrected chi connectivity index (χ0v) is 17.0. The second-order valence-corrected chi connectivity index (χ2v) is 6.31. The quantitative estimate of drug-likeness (QED) is 0.381. The zero-order chi connectivity index (χ0) is 21.6. The van der Waals surface area contributed by atoms with Crippen molar-refractivity contribution in [1.29, 1.82) is 5.41 Å². The normalized spacial score (nSPS) is 15.9. The van der Waals surface area contributed by atoms with Gasteiger partial charge in [0, 0.05) is 11.7 Å². The van der Waals surface area contributed by atoms with Gasteiger partial charge in [0.2, 0.25) is 0 Å². The van der Waals surface area contributed by atoms with Crippen LogP contribution in [-0.2, 0) is 12.8 Å². The van der Waals surface area contributed by atoms with Crippen molar-refractivity contribution in [1.82, 2.24) is 4.90 Å². The largest absolute Gasteiger partial charge is 0.407 e. The first kappa shape index (κ1) is 26.1. The minimum absolute atomic E-state index is 0.501. The Morgan fingerprint density at radius 2 is 1.75 bits per heavy atom. The molecule has 1 unspecified atom stereocenters. The number of aryl methyl sites for hydroxylation is 2. The van der Waals surface area contributed by atoms with Crippen LogP contribution >= 0.6 is 0 Å². The van der Waals surface area contributed by atoms with Gasteiger partial charge >= 0.3 is 6.18 Å². The smallest absolute Gasteiger partial charge is 0.373 e. The molecule has 0 amide bonds. The minimum atomic E-state index is -4.18. The van der Waals surface area contributed by atoms with Crippen LogP contribution in [0.4, 0.5) is 18.9 Å². The van der Waals surface area contributed by atoms with Crippen LogP contribution in [0.5, 0.6) is 0 Å². The minimum Gasteiger partial charge on any atom is -0.373 e. The molecular formula is C20H34F3N5. The number of nitrogens with zero attached hydrogens (tertiary/aromatic N) is 2. The standard InChI is InChI=1S/C16H27N3.C3H4F3N.CH3N/c1-3-19(4-2)16-9-6-13-5-8-15(18-12-17)11-14(13)7-10-16;1-7-2-3(4,5)6;1-2/h5,8,11,16,18H,3-4,6-7,9-10,12,17H2,1-2H3;1-2H2;2H,1H2. The van der Waals surface area contributed by atoms with Crippen molar-refractivity contribution in [2.45, 2.75) is 51.7 Å². The predicted octanol–water partition coefficient (Wildman–Crippen LogP) is 4.12. The molecule has 0 aliphatic heterocycles. The van der Waals surface area contributed by atoms with E-state index in [-0.39, 0.29) is 0 Å². The van der Waals surface area contributed by atoms with Gasteiger partial charge in [0.25, 0.3) is 0 Å². The lowest BCUT2D eigenvalue weighted by Gasteiger charge is -2.28. The molecule has 28 heavy (non-hydrogen) atoms. The molecule has 0 aromatic heterocycles. The molecule has 0 spiro atoms. The summed E-state index contributed by atoms with van der Waals surface area (Å²) in [6.07, 6.45) is 0.789. The van der Waals surface area contributed by atoms with Crippen LogP contribution < -0.4 is 11.1 Å². The predicted molar refractivity (Wildman–Crippen MR) is 113 cm³/mol. The Labute approximate surface area is 166 Å². The van der Waals surface area contributed by atoms with Crippen molar-refractivity contribution in [3.05, 3.63) is 29.3 Å². The van der Waals surface area contributed by atoms with Crippen LogP contribution in [0, 0.1) is 5.41 Å². The number of halogens is 3. The molecule has 0 radical (unpaired) electrons. The van der Waals surface area contributed by atoms with Gasteiger partial charge in [0.15, 0.2) is 0 Å². The summed E-state index contributed by atoms with van der Waals surface area (Å²) >= 11 is 0. The molecule has 1 aromatic carbocycles. The van der Waals surface area contributed by atoms with E-state index >= 15 is 0 Å². The Morgan fingerprint density at radius 3 is 2.18 bits per heavy atom. The number of anilines is 1. The molecule has 160 valence electrons. The van der Waals surface area contributed by atoms with Crippen LogP contribution in [0.2, 0.25) is 0 Å². The lowest BCUT2D eigenvalue weighted by molar-refractivity contribution is -0.118. The highest BCUT2D eigenvalue weighted by Crippen LogP contribution is 2.26. The van der Waals surface area contributed by atoms with Gasteiger partial charge in [0.1, 0.15) is 6.54 Å². The van der Waals surface area contributed by atoms with Crippen molar-refractivity contribution in [3.8, 4) is 0 Å². The topological polar surface area (TPSA) is 77.5 Å². The molecule has 0 fully saturated rings. The summed E-state index contributed by atoms with van der Waals surface area (Å²) in [6, 6.07) is 7.46. The number of nitrogens with two attached hydrogens (primary N) is 1. The first-order valence-corrected chi connectivity index (χ1v) is 9.48. The summed E-state index contributed by atoms with van der Waals surface area (Å²) in [5, 5.41) is 8.70. The van der Waals surface area contributed by atoms with Crippen molar-refractivity contribution in [2.24, 2.45) is 10.7 Å². The molecule has 0 saturated heterocycles. The first-order chi connectivity index (χ1) is 13.3. The van der Waals surface area contributed by atoms with Crippen molar-refractivity contribution in [3.63, 3.8) is 0 Å². The Balaban J connectivity index is 0.000000688. The fourth-order valence-electron chi connectivity index (χ4n) is 3.35. The fraction of sp³-hybridized carbons (Fsp3) is 0.600. The lowest BCUT2D eigenvalue weighted by atomic mass is 10.0. The molecule has 2 rings (SSSR count). The Bertz CT molecular complexity index is 559. The molecule has 8 heteroatoms. The number of fused-ring (bicyclic) bond motifs is 1. The number of alkyl halides is 3. The zero-order valence-electron chi connectivity index (χ0n) is 17.0. The SMILES string of the molecule is C=N.C=NCC(F)(F)F.CCN(CC)C1CCc2ccc(NCN)cc2CC1. The highest BCUT2D eigenvalue weighted by Gasteiger charge is 2.25. The van der Waals surface area contributed by atoms with Gasteiger partial charge in [-0.3, -0.25) is 4.99 Å². The first-order valence-electron chi connectivity index (χ1n) is 9.48. The molecule has 1 atom stereocenters. The van der Waals surface area contributed by atoms with E-state index in [4.69, 9.17) is 11.1 Å². The van der Waals surface area contributed by atoms with E-state index in [1.165, 1.54) is 36.8 Å². The number of hydrogen-bond acceptors (Lipinski definition) is 5. The van der Waals surface area contributed by atoms with Crippen LogP contribution in [0.3, 0.4) is 0 Å². The number of nitrogens with one attached hydrogen (secondary N) is 2. The van der Waals surface area contributed by atoms with E-state index in [1.54, 1.807) is 0 Å². The Morgan fingerprint density at radius 1 is 1.18 bits per heavy atom. The van der Waals surface area contributed by atoms with E-state index in [0.29, 0.717) is 6.67 Å². The van der Waals surface area contributed by atoms with Crippen molar-refractivity contribution < 1.29 is 13.2 Å². The number of benzene rings is 1. The molecule has 1 aromatic rings. The second-order valence-electron chi connectivity index (χ2n) is 6.31. The van der Waals surface area contributed by atoms with Gasteiger partial charge in [0.05, 0.1) is 6.67 Å². The Kier molecular flexibility index (Phi) is 13.1. The highest BCUT2D eigenvalue weighted by molar-refractivity contribution is 5.49. The number of aliphatic imine (C=N–C) groups is 1. The van der Waals surface area contributed by atoms with Gasteiger partial charge in [-0.05, 0) is 75.5 Å². The summed E-state index contributed by atoms with van der Waals surface area (Å²) < 4.78 is 32.8.